The quantitative estimate of drug-likeness (QED) is 0.849. The van der Waals surface area contributed by atoms with Gasteiger partial charge in [-0.1, -0.05) is 24.1 Å². The minimum absolute atomic E-state index is 0.475. The number of hydrogen-bond acceptors (Lipinski definition) is 2. The molecule has 2 rings (SSSR count). The highest BCUT2D eigenvalue weighted by atomic mass is 35.5. The van der Waals surface area contributed by atoms with Crippen molar-refractivity contribution in [1.82, 2.24) is 0 Å². The van der Waals surface area contributed by atoms with Gasteiger partial charge < -0.3 is 10.4 Å². The van der Waals surface area contributed by atoms with Gasteiger partial charge in [0.25, 0.3) is 0 Å². The van der Waals surface area contributed by atoms with Crippen molar-refractivity contribution in [1.29, 1.82) is 0 Å². The standard InChI is InChI=1S/C12H14ClNO2/c13-9-3-1-4-10(7-9)14-8-12(11(15)16)5-2-6-12/h1,3-4,7,14H,2,5-6,8H2,(H,15,16). The van der Waals surface area contributed by atoms with Crippen molar-refractivity contribution in [3.05, 3.63) is 29.3 Å². The van der Waals surface area contributed by atoms with Crippen LogP contribution in [-0.4, -0.2) is 17.6 Å². The van der Waals surface area contributed by atoms with Gasteiger partial charge in [-0.25, -0.2) is 0 Å². The van der Waals surface area contributed by atoms with Crippen LogP contribution < -0.4 is 5.32 Å². The van der Waals surface area contributed by atoms with Crippen molar-refractivity contribution in [3.8, 4) is 0 Å². The third-order valence-electron chi connectivity index (χ3n) is 3.22. The summed E-state index contributed by atoms with van der Waals surface area (Å²) in [4.78, 5) is 11.1. The van der Waals surface area contributed by atoms with Gasteiger partial charge in [-0.3, -0.25) is 4.79 Å². The number of rotatable bonds is 4. The zero-order valence-electron chi connectivity index (χ0n) is 8.87. The molecular formula is C12H14ClNO2. The molecular weight excluding hydrogens is 226 g/mol. The minimum Gasteiger partial charge on any atom is -0.481 e. The van der Waals surface area contributed by atoms with Gasteiger partial charge in [0.2, 0.25) is 0 Å². The molecule has 1 aliphatic carbocycles. The molecule has 0 spiro atoms. The molecule has 1 aliphatic rings. The van der Waals surface area contributed by atoms with Crippen LogP contribution in [-0.2, 0) is 4.79 Å². The number of carboxylic acid groups (broad SMARTS) is 1. The summed E-state index contributed by atoms with van der Waals surface area (Å²) in [5.41, 5.74) is 0.308. The molecule has 16 heavy (non-hydrogen) atoms. The van der Waals surface area contributed by atoms with E-state index in [4.69, 9.17) is 16.7 Å². The SMILES string of the molecule is O=C(O)C1(CNc2cccc(Cl)c2)CCC1. The first-order valence-electron chi connectivity index (χ1n) is 5.35. The molecule has 0 heterocycles. The van der Waals surface area contributed by atoms with Crippen molar-refractivity contribution < 1.29 is 9.90 Å². The topological polar surface area (TPSA) is 49.3 Å². The lowest BCUT2D eigenvalue weighted by Gasteiger charge is -2.37. The van der Waals surface area contributed by atoms with Gasteiger partial charge in [-0.2, -0.15) is 0 Å². The third kappa shape index (κ3) is 2.14. The van der Waals surface area contributed by atoms with Gasteiger partial charge >= 0.3 is 5.97 Å². The summed E-state index contributed by atoms with van der Waals surface area (Å²) in [6.45, 7) is 0.475. The van der Waals surface area contributed by atoms with E-state index >= 15 is 0 Å². The van der Waals surface area contributed by atoms with E-state index < -0.39 is 11.4 Å². The van der Waals surface area contributed by atoms with Gasteiger partial charge in [0, 0.05) is 17.3 Å². The summed E-state index contributed by atoms with van der Waals surface area (Å²) in [5.74, 6) is -0.701. The Kier molecular flexibility index (Phi) is 3.06. The van der Waals surface area contributed by atoms with Crippen molar-refractivity contribution >= 4 is 23.3 Å². The van der Waals surface area contributed by atoms with Crippen LogP contribution in [0.5, 0.6) is 0 Å². The number of aliphatic carboxylic acids is 1. The lowest BCUT2D eigenvalue weighted by atomic mass is 9.69. The molecule has 0 saturated heterocycles. The summed E-state index contributed by atoms with van der Waals surface area (Å²) in [7, 11) is 0. The average molecular weight is 240 g/mol. The van der Waals surface area contributed by atoms with Crippen LogP contribution in [0.3, 0.4) is 0 Å². The number of carbonyl (C=O) groups is 1. The fourth-order valence-electron chi connectivity index (χ4n) is 1.94. The summed E-state index contributed by atoms with van der Waals surface area (Å²) in [5, 5.41) is 13.0. The maximum absolute atomic E-state index is 11.1. The number of benzene rings is 1. The van der Waals surface area contributed by atoms with Crippen LogP contribution in [0.4, 0.5) is 5.69 Å². The van der Waals surface area contributed by atoms with E-state index in [0.29, 0.717) is 11.6 Å². The first kappa shape index (κ1) is 11.3. The molecule has 1 saturated carbocycles. The summed E-state index contributed by atoms with van der Waals surface area (Å²) in [6.07, 6.45) is 2.52. The lowest BCUT2D eigenvalue weighted by molar-refractivity contribution is -0.153. The highest BCUT2D eigenvalue weighted by molar-refractivity contribution is 6.30. The van der Waals surface area contributed by atoms with E-state index in [1.807, 2.05) is 12.1 Å². The second kappa shape index (κ2) is 4.34. The van der Waals surface area contributed by atoms with Gasteiger partial charge in [-0.15, -0.1) is 0 Å². The van der Waals surface area contributed by atoms with Crippen molar-refractivity contribution in [2.75, 3.05) is 11.9 Å². The largest absolute Gasteiger partial charge is 0.481 e. The molecule has 0 bridgehead atoms. The van der Waals surface area contributed by atoms with Gasteiger partial charge in [0.05, 0.1) is 5.41 Å². The molecule has 4 heteroatoms. The molecule has 2 N–H and O–H groups in total. The van der Waals surface area contributed by atoms with Crippen LogP contribution in [0.1, 0.15) is 19.3 Å². The smallest absolute Gasteiger partial charge is 0.311 e. The maximum atomic E-state index is 11.1. The Hall–Kier alpha value is -1.22. The molecule has 1 aromatic carbocycles. The Balaban J connectivity index is 1.99. The zero-order valence-corrected chi connectivity index (χ0v) is 9.63. The van der Waals surface area contributed by atoms with Crippen LogP contribution in [0.25, 0.3) is 0 Å². The first-order chi connectivity index (χ1) is 7.62. The highest BCUT2D eigenvalue weighted by Gasteiger charge is 2.44. The Labute approximate surface area is 99.4 Å². The van der Waals surface area contributed by atoms with Gasteiger partial charge in [-0.05, 0) is 31.0 Å². The Morgan fingerprint density at radius 2 is 2.25 bits per heavy atom. The predicted octanol–water partition coefficient (Wildman–Crippen LogP) is 3.01. The van der Waals surface area contributed by atoms with Crippen molar-refractivity contribution in [2.24, 2.45) is 5.41 Å². The van der Waals surface area contributed by atoms with E-state index in [9.17, 15) is 4.79 Å². The number of carboxylic acids is 1. The molecule has 0 atom stereocenters. The summed E-state index contributed by atoms with van der Waals surface area (Å²) < 4.78 is 0. The van der Waals surface area contributed by atoms with Crippen molar-refractivity contribution in [2.45, 2.75) is 19.3 Å². The van der Waals surface area contributed by atoms with E-state index in [1.54, 1.807) is 12.1 Å². The second-order valence-corrected chi connectivity index (χ2v) is 4.74. The van der Waals surface area contributed by atoms with E-state index in [2.05, 4.69) is 5.32 Å². The maximum Gasteiger partial charge on any atom is 0.311 e. The number of nitrogens with one attached hydrogen (secondary N) is 1. The van der Waals surface area contributed by atoms with Crippen LogP contribution in [0.2, 0.25) is 5.02 Å². The number of anilines is 1. The van der Waals surface area contributed by atoms with Crippen LogP contribution >= 0.6 is 11.6 Å². The Morgan fingerprint density at radius 1 is 1.50 bits per heavy atom. The van der Waals surface area contributed by atoms with E-state index in [0.717, 1.165) is 24.9 Å². The highest BCUT2D eigenvalue weighted by Crippen LogP contribution is 2.41. The molecule has 1 fully saturated rings. The van der Waals surface area contributed by atoms with Crippen LogP contribution in [0, 0.1) is 5.41 Å². The van der Waals surface area contributed by atoms with Gasteiger partial charge in [0.15, 0.2) is 0 Å². The molecule has 1 aromatic rings. The lowest BCUT2D eigenvalue weighted by Crippen LogP contribution is -2.43. The molecule has 0 aromatic heterocycles. The Morgan fingerprint density at radius 3 is 2.75 bits per heavy atom. The number of hydrogen-bond donors (Lipinski definition) is 2. The van der Waals surface area contributed by atoms with E-state index in [-0.39, 0.29) is 0 Å². The molecule has 0 unspecified atom stereocenters. The van der Waals surface area contributed by atoms with Crippen molar-refractivity contribution in [3.63, 3.8) is 0 Å². The monoisotopic (exact) mass is 239 g/mol. The second-order valence-electron chi connectivity index (χ2n) is 4.30. The third-order valence-corrected chi connectivity index (χ3v) is 3.45. The molecule has 0 amide bonds. The molecule has 86 valence electrons. The van der Waals surface area contributed by atoms with E-state index in [1.165, 1.54) is 0 Å². The van der Waals surface area contributed by atoms with Gasteiger partial charge in [0.1, 0.15) is 0 Å². The average Bonchev–Trinajstić information content (AvgIpc) is 2.15. The Bertz CT molecular complexity index is 402. The predicted molar refractivity (Wildman–Crippen MR) is 63.9 cm³/mol. The molecule has 0 radical (unpaired) electrons. The zero-order chi connectivity index (χ0) is 11.6. The molecule has 0 aliphatic heterocycles. The fourth-order valence-corrected chi connectivity index (χ4v) is 2.13. The summed E-state index contributed by atoms with van der Waals surface area (Å²) >= 11 is 5.85. The summed E-state index contributed by atoms with van der Waals surface area (Å²) in [6, 6.07) is 7.33. The fraction of sp³-hybridized carbons (Fsp3) is 0.417. The minimum atomic E-state index is -0.701. The molecule has 3 nitrogen and oxygen atoms in total. The number of halogens is 1. The van der Waals surface area contributed by atoms with Crippen LogP contribution in [0.15, 0.2) is 24.3 Å². The normalized spacial score (nSPS) is 17.6. The first-order valence-corrected chi connectivity index (χ1v) is 5.73.